The summed E-state index contributed by atoms with van der Waals surface area (Å²) in [5.41, 5.74) is 3.02. The highest BCUT2D eigenvalue weighted by atomic mass is 32.2. The Kier molecular flexibility index (Phi) is 4.04. The molecule has 3 heteroatoms. The van der Waals surface area contributed by atoms with Crippen LogP contribution in [0.3, 0.4) is 0 Å². The number of nitrogens with one attached hydrogen (secondary N) is 1. The molecule has 1 N–H and O–H groups in total. The van der Waals surface area contributed by atoms with Crippen molar-refractivity contribution in [3.05, 3.63) is 29.3 Å². The summed E-state index contributed by atoms with van der Waals surface area (Å²) in [5, 5.41) is 3.78. The van der Waals surface area contributed by atoms with Crippen molar-refractivity contribution in [2.45, 2.75) is 25.3 Å². The maximum atomic E-state index is 5.36. The summed E-state index contributed by atoms with van der Waals surface area (Å²) in [6.45, 7) is 1.20. The van der Waals surface area contributed by atoms with Gasteiger partial charge in [0.25, 0.3) is 0 Å². The van der Waals surface area contributed by atoms with Gasteiger partial charge in [-0.2, -0.15) is 11.8 Å². The zero-order chi connectivity index (χ0) is 13.2. The Morgan fingerprint density at radius 2 is 2.21 bits per heavy atom. The van der Waals surface area contributed by atoms with Gasteiger partial charge in [0.15, 0.2) is 0 Å². The average Bonchev–Trinajstić information content (AvgIpc) is 2.45. The van der Waals surface area contributed by atoms with Crippen LogP contribution >= 0.6 is 11.8 Å². The van der Waals surface area contributed by atoms with Gasteiger partial charge in [-0.25, -0.2) is 0 Å². The van der Waals surface area contributed by atoms with E-state index >= 15 is 0 Å². The van der Waals surface area contributed by atoms with Gasteiger partial charge in [-0.15, -0.1) is 0 Å². The maximum absolute atomic E-state index is 5.36. The lowest BCUT2D eigenvalue weighted by atomic mass is 9.74. The summed E-state index contributed by atoms with van der Waals surface area (Å²) >= 11 is 1.98. The van der Waals surface area contributed by atoms with E-state index in [2.05, 4.69) is 29.8 Å². The van der Waals surface area contributed by atoms with E-state index in [-0.39, 0.29) is 0 Å². The van der Waals surface area contributed by atoms with Crippen LogP contribution in [0.5, 0.6) is 5.75 Å². The molecule has 0 spiro atoms. The second kappa shape index (κ2) is 5.76. The first kappa shape index (κ1) is 13.3. The zero-order valence-corrected chi connectivity index (χ0v) is 12.6. The minimum atomic E-state index is 0.694. The van der Waals surface area contributed by atoms with Crippen molar-refractivity contribution in [3.63, 3.8) is 0 Å². The van der Waals surface area contributed by atoms with Crippen molar-refractivity contribution in [1.29, 1.82) is 0 Å². The van der Waals surface area contributed by atoms with Crippen LogP contribution in [0.4, 0.5) is 0 Å². The van der Waals surface area contributed by atoms with Crippen LogP contribution in [-0.4, -0.2) is 31.7 Å². The van der Waals surface area contributed by atoms with Gasteiger partial charge in [-0.05, 0) is 72.9 Å². The van der Waals surface area contributed by atoms with Gasteiger partial charge >= 0.3 is 0 Å². The number of rotatable bonds is 3. The van der Waals surface area contributed by atoms with Gasteiger partial charge in [0, 0.05) is 6.04 Å². The third-order valence-electron chi connectivity index (χ3n) is 4.61. The fraction of sp³-hybridized carbons (Fsp3) is 0.625. The molecule has 0 bridgehead atoms. The number of piperidine rings is 1. The summed E-state index contributed by atoms with van der Waals surface area (Å²) in [7, 11) is 1.75. The fourth-order valence-electron chi connectivity index (χ4n) is 3.63. The van der Waals surface area contributed by atoms with Crippen LogP contribution in [0, 0.1) is 11.8 Å². The van der Waals surface area contributed by atoms with Crippen molar-refractivity contribution in [2.75, 3.05) is 25.7 Å². The van der Waals surface area contributed by atoms with E-state index in [9.17, 15) is 0 Å². The molecular weight excluding hydrogens is 254 g/mol. The lowest BCUT2D eigenvalue weighted by molar-refractivity contribution is 0.217. The topological polar surface area (TPSA) is 21.3 Å². The van der Waals surface area contributed by atoms with Gasteiger partial charge in [-0.3, -0.25) is 0 Å². The lowest BCUT2D eigenvalue weighted by Crippen LogP contribution is -2.49. The second-order valence-corrected chi connectivity index (χ2v) is 6.79. The molecule has 1 aliphatic carbocycles. The maximum Gasteiger partial charge on any atom is 0.119 e. The Morgan fingerprint density at radius 1 is 1.32 bits per heavy atom. The summed E-state index contributed by atoms with van der Waals surface area (Å²) < 4.78 is 5.36. The summed E-state index contributed by atoms with van der Waals surface area (Å²) in [6.07, 6.45) is 6.01. The van der Waals surface area contributed by atoms with E-state index in [1.165, 1.54) is 42.7 Å². The standard InChI is InChI=1S/C16H23NOS/c1-18-15-4-3-12-8-16-14(6-13(12)7-15)5-11(9-17-16)10-19-2/h3-4,7,11,14,16-17H,5-6,8-10H2,1-2H3. The van der Waals surface area contributed by atoms with E-state index in [4.69, 9.17) is 4.74 Å². The number of benzene rings is 1. The Labute approximate surface area is 120 Å². The highest BCUT2D eigenvalue weighted by Gasteiger charge is 2.33. The molecule has 1 aromatic rings. The van der Waals surface area contributed by atoms with Crippen LogP contribution in [0.25, 0.3) is 0 Å². The molecule has 19 heavy (non-hydrogen) atoms. The minimum Gasteiger partial charge on any atom is -0.497 e. The third kappa shape index (κ3) is 2.77. The van der Waals surface area contributed by atoms with Gasteiger partial charge < -0.3 is 10.1 Å². The molecule has 1 saturated heterocycles. The largest absolute Gasteiger partial charge is 0.497 e. The molecule has 3 unspecified atom stereocenters. The van der Waals surface area contributed by atoms with Crippen molar-refractivity contribution in [3.8, 4) is 5.75 Å². The van der Waals surface area contributed by atoms with Crippen molar-refractivity contribution in [2.24, 2.45) is 11.8 Å². The molecule has 104 valence electrons. The molecule has 0 radical (unpaired) electrons. The van der Waals surface area contributed by atoms with Crippen LogP contribution in [0.15, 0.2) is 18.2 Å². The fourth-order valence-corrected chi connectivity index (χ4v) is 4.35. The Bertz CT molecular complexity index is 448. The molecule has 3 rings (SSSR count). The Balaban J connectivity index is 1.76. The SMILES string of the molecule is COc1ccc2c(c1)CC1CC(CSC)CNC1C2. The molecule has 1 fully saturated rings. The number of fused-ring (bicyclic) bond motifs is 2. The van der Waals surface area contributed by atoms with Gasteiger partial charge in [0.05, 0.1) is 7.11 Å². The molecular formula is C16H23NOS. The third-order valence-corrected chi connectivity index (χ3v) is 5.42. The predicted octanol–water partition coefficient (Wildman–Crippen LogP) is 2.75. The summed E-state index contributed by atoms with van der Waals surface area (Å²) in [6, 6.07) is 7.28. The molecule has 1 aliphatic heterocycles. The number of thioether (sulfide) groups is 1. The van der Waals surface area contributed by atoms with Gasteiger partial charge in [0.2, 0.25) is 0 Å². The van der Waals surface area contributed by atoms with Crippen LogP contribution in [0.1, 0.15) is 17.5 Å². The number of ether oxygens (including phenoxy) is 1. The average molecular weight is 277 g/mol. The van der Waals surface area contributed by atoms with Crippen molar-refractivity contribution >= 4 is 11.8 Å². The molecule has 1 aromatic carbocycles. The molecule has 1 heterocycles. The first-order valence-electron chi connectivity index (χ1n) is 7.18. The Morgan fingerprint density at radius 3 is 3.00 bits per heavy atom. The number of hydrogen-bond donors (Lipinski definition) is 1. The number of hydrogen-bond acceptors (Lipinski definition) is 3. The summed E-state index contributed by atoms with van der Waals surface area (Å²) in [4.78, 5) is 0. The number of methoxy groups -OCH3 is 1. The molecule has 2 aliphatic rings. The zero-order valence-electron chi connectivity index (χ0n) is 11.8. The van der Waals surface area contributed by atoms with Gasteiger partial charge in [0.1, 0.15) is 5.75 Å². The van der Waals surface area contributed by atoms with Gasteiger partial charge in [-0.1, -0.05) is 6.07 Å². The van der Waals surface area contributed by atoms with E-state index in [1.54, 1.807) is 7.11 Å². The predicted molar refractivity (Wildman–Crippen MR) is 82.2 cm³/mol. The second-order valence-electron chi connectivity index (χ2n) is 5.87. The van der Waals surface area contributed by atoms with E-state index in [0.29, 0.717) is 6.04 Å². The van der Waals surface area contributed by atoms with Crippen LogP contribution in [-0.2, 0) is 12.8 Å². The first-order chi connectivity index (χ1) is 9.30. The smallest absolute Gasteiger partial charge is 0.119 e. The minimum absolute atomic E-state index is 0.694. The summed E-state index contributed by atoms with van der Waals surface area (Å²) in [5.74, 6) is 3.96. The molecule has 3 atom stereocenters. The van der Waals surface area contributed by atoms with Crippen LogP contribution in [0.2, 0.25) is 0 Å². The van der Waals surface area contributed by atoms with E-state index < -0.39 is 0 Å². The van der Waals surface area contributed by atoms with Crippen molar-refractivity contribution in [1.82, 2.24) is 5.32 Å². The highest BCUT2D eigenvalue weighted by Crippen LogP contribution is 2.35. The Hall–Kier alpha value is -0.670. The normalized spacial score (nSPS) is 29.5. The lowest BCUT2D eigenvalue weighted by Gasteiger charge is -2.41. The molecule has 0 aromatic heterocycles. The highest BCUT2D eigenvalue weighted by molar-refractivity contribution is 7.98. The molecule has 2 nitrogen and oxygen atoms in total. The molecule has 0 saturated carbocycles. The van der Waals surface area contributed by atoms with E-state index in [1.807, 2.05) is 11.8 Å². The quantitative estimate of drug-likeness (QED) is 0.918. The van der Waals surface area contributed by atoms with Crippen molar-refractivity contribution < 1.29 is 4.74 Å². The molecule has 0 amide bonds. The first-order valence-corrected chi connectivity index (χ1v) is 8.57. The van der Waals surface area contributed by atoms with E-state index in [0.717, 1.165) is 17.6 Å². The van der Waals surface area contributed by atoms with Crippen LogP contribution < -0.4 is 10.1 Å². The monoisotopic (exact) mass is 277 g/mol.